The summed E-state index contributed by atoms with van der Waals surface area (Å²) in [6.07, 6.45) is 0. The van der Waals surface area contributed by atoms with Crippen LogP contribution in [-0.4, -0.2) is 8.07 Å². The van der Waals surface area contributed by atoms with E-state index in [-0.39, 0.29) is 0 Å². The van der Waals surface area contributed by atoms with Gasteiger partial charge in [0.2, 0.25) is 0 Å². The van der Waals surface area contributed by atoms with Crippen molar-refractivity contribution >= 4 is 55.1 Å². The molecule has 4 aromatic carbocycles. The van der Waals surface area contributed by atoms with E-state index in [1.165, 1.54) is 37.2 Å². The Bertz CT molecular complexity index is 1330. The normalized spacial score (nSPS) is 18.0. The Morgan fingerprint density at radius 3 is 2.33 bits per heavy atom. The molecule has 27 heavy (non-hydrogen) atoms. The van der Waals surface area contributed by atoms with E-state index in [0.717, 1.165) is 0 Å². The van der Waals surface area contributed by atoms with Gasteiger partial charge in [0.15, 0.2) is 8.07 Å². The maximum atomic E-state index is 2.53. The highest BCUT2D eigenvalue weighted by atomic mass is 32.1. The molecule has 1 aliphatic rings. The van der Waals surface area contributed by atoms with Crippen LogP contribution in [0.4, 0.5) is 0 Å². The average molecular weight is 379 g/mol. The second-order valence-corrected chi connectivity index (χ2v) is 12.8. The Balaban J connectivity index is 1.82. The Hall–Kier alpha value is -2.68. The highest BCUT2D eigenvalue weighted by molar-refractivity contribution is 7.38. The van der Waals surface area contributed by atoms with Crippen molar-refractivity contribution in [3.8, 4) is 11.1 Å². The van der Waals surface area contributed by atoms with Crippen LogP contribution in [0.5, 0.6) is 0 Å². The number of hydrogen-bond donors (Lipinski definition) is 0. The van der Waals surface area contributed by atoms with Crippen LogP contribution in [0.1, 0.15) is 0 Å². The van der Waals surface area contributed by atoms with E-state index in [1.54, 1.807) is 9.69 Å². The first-order valence-electron chi connectivity index (χ1n) is 9.38. The van der Waals surface area contributed by atoms with Crippen molar-refractivity contribution in [2.45, 2.75) is 6.55 Å². The Kier molecular flexibility index (Phi) is 3.08. The van der Waals surface area contributed by atoms with E-state index in [0.29, 0.717) is 0 Å². The summed E-state index contributed by atoms with van der Waals surface area (Å²) in [6.45, 7) is 2.53. The van der Waals surface area contributed by atoms with Crippen LogP contribution in [0, 0.1) is 0 Å². The summed E-state index contributed by atoms with van der Waals surface area (Å²) in [7, 11) is -1.96. The first kappa shape index (κ1) is 15.4. The van der Waals surface area contributed by atoms with Crippen LogP contribution in [0.25, 0.3) is 32.0 Å². The van der Waals surface area contributed by atoms with E-state index >= 15 is 0 Å². The average Bonchev–Trinajstić information content (AvgIpc) is 3.24. The van der Waals surface area contributed by atoms with E-state index < -0.39 is 8.07 Å². The smallest absolute Gasteiger partial charge is 0.143 e. The molecular weight excluding hydrogens is 360 g/mol. The molecule has 0 aliphatic carbocycles. The van der Waals surface area contributed by atoms with Gasteiger partial charge >= 0.3 is 0 Å². The zero-order valence-electron chi connectivity index (χ0n) is 15.1. The van der Waals surface area contributed by atoms with Crippen molar-refractivity contribution in [2.24, 2.45) is 0 Å². The molecule has 0 spiro atoms. The van der Waals surface area contributed by atoms with Crippen molar-refractivity contribution in [3.05, 3.63) is 91.0 Å². The molecular formula is C25H18SSi. The maximum Gasteiger partial charge on any atom is 0.159 e. The van der Waals surface area contributed by atoms with Crippen molar-refractivity contribution in [1.29, 1.82) is 0 Å². The van der Waals surface area contributed by atoms with Gasteiger partial charge in [-0.25, -0.2) is 0 Å². The molecule has 0 N–H and O–H groups in total. The second kappa shape index (κ2) is 5.41. The SMILES string of the molecule is C[Si]1(c2ccccc2)c2ccccc2-c2c1sc1ccc3ccccc3c21. The summed E-state index contributed by atoms with van der Waals surface area (Å²) < 4.78 is 3.03. The minimum Gasteiger partial charge on any atom is -0.143 e. The van der Waals surface area contributed by atoms with Gasteiger partial charge in [0, 0.05) is 20.2 Å². The van der Waals surface area contributed by atoms with Crippen LogP contribution in [0.15, 0.2) is 91.0 Å². The monoisotopic (exact) mass is 378 g/mol. The molecule has 0 radical (unpaired) electrons. The van der Waals surface area contributed by atoms with Gasteiger partial charge in [-0.1, -0.05) is 91.5 Å². The molecule has 0 fully saturated rings. The summed E-state index contributed by atoms with van der Waals surface area (Å²) in [5.41, 5.74) is 2.95. The minimum absolute atomic E-state index is 1.33. The van der Waals surface area contributed by atoms with Gasteiger partial charge in [-0.15, -0.1) is 11.3 Å². The number of benzene rings is 4. The number of hydrogen-bond acceptors (Lipinski definition) is 1. The number of rotatable bonds is 1. The molecule has 2 heteroatoms. The lowest BCUT2D eigenvalue weighted by atomic mass is 10.00. The third-order valence-electron chi connectivity index (χ3n) is 6.12. The van der Waals surface area contributed by atoms with Crippen LogP contribution >= 0.6 is 11.3 Å². The molecule has 1 aromatic heterocycles. The highest BCUT2D eigenvalue weighted by Crippen LogP contribution is 2.42. The predicted molar refractivity (Wildman–Crippen MR) is 122 cm³/mol. The van der Waals surface area contributed by atoms with Gasteiger partial charge in [0.1, 0.15) is 0 Å². The zero-order chi connectivity index (χ0) is 18.0. The van der Waals surface area contributed by atoms with Gasteiger partial charge in [-0.2, -0.15) is 0 Å². The number of fused-ring (bicyclic) bond motifs is 7. The van der Waals surface area contributed by atoms with Crippen LogP contribution < -0.4 is 14.9 Å². The summed E-state index contributed by atoms with van der Waals surface area (Å²) >= 11 is 2.02. The molecule has 6 rings (SSSR count). The Morgan fingerprint density at radius 2 is 1.44 bits per heavy atom. The van der Waals surface area contributed by atoms with Crippen LogP contribution in [-0.2, 0) is 0 Å². The molecule has 0 amide bonds. The molecule has 1 atom stereocenters. The Labute approximate surface area is 163 Å². The first-order chi connectivity index (χ1) is 13.3. The fraction of sp³-hybridized carbons (Fsp3) is 0.0400. The maximum absolute atomic E-state index is 2.53. The molecule has 2 heterocycles. The van der Waals surface area contributed by atoms with Gasteiger partial charge < -0.3 is 0 Å². The van der Waals surface area contributed by atoms with Crippen molar-refractivity contribution < 1.29 is 0 Å². The van der Waals surface area contributed by atoms with Crippen molar-refractivity contribution in [1.82, 2.24) is 0 Å². The lowest BCUT2D eigenvalue weighted by Gasteiger charge is -2.24. The minimum atomic E-state index is -1.96. The number of thiophene rings is 1. The van der Waals surface area contributed by atoms with Crippen molar-refractivity contribution in [2.75, 3.05) is 0 Å². The third kappa shape index (κ3) is 1.92. The fourth-order valence-electron chi connectivity index (χ4n) is 4.80. The van der Waals surface area contributed by atoms with Crippen LogP contribution in [0.2, 0.25) is 6.55 Å². The summed E-state index contributed by atoms with van der Waals surface area (Å²) in [4.78, 5) is 0. The van der Waals surface area contributed by atoms with Gasteiger partial charge in [-0.05, 0) is 32.8 Å². The largest absolute Gasteiger partial charge is 0.159 e. The van der Waals surface area contributed by atoms with Crippen molar-refractivity contribution in [3.63, 3.8) is 0 Å². The lowest BCUT2D eigenvalue weighted by molar-refractivity contribution is 1.72. The summed E-state index contributed by atoms with van der Waals surface area (Å²) in [6, 6.07) is 33.7. The van der Waals surface area contributed by atoms with Gasteiger partial charge in [0.25, 0.3) is 0 Å². The molecule has 0 saturated carbocycles. The molecule has 1 aliphatic heterocycles. The topological polar surface area (TPSA) is 0 Å². The molecule has 5 aromatic rings. The zero-order valence-corrected chi connectivity index (χ0v) is 16.9. The standard InChI is InChI=1S/C25H18SSi/c1-27(18-10-3-2-4-11-18)22-14-8-7-13-20(22)24-23-19-12-6-5-9-17(19)15-16-21(23)26-25(24)27/h2-16H,1H3. The Morgan fingerprint density at radius 1 is 0.704 bits per heavy atom. The predicted octanol–water partition coefficient (Wildman–Crippen LogP) is 5.13. The molecule has 1 unspecified atom stereocenters. The van der Waals surface area contributed by atoms with Crippen LogP contribution in [0.3, 0.4) is 0 Å². The van der Waals surface area contributed by atoms with E-state index in [2.05, 4.69) is 97.5 Å². The fourth-order valence-corrected chi connectivity index (χ4v) is 11.2. The van der Waals surface area contributed by atoms with E-state index in [4.69, 9.17) is 0 Å². The highest BCUT2D eigenvalue weighted by Gasteiger charge is 2.45. The lowest BCUT2D eigenvalue weighted by Crippen LogP contribution is -2.61. The molecule has 0 bridgehead atoms. The first-order valence-corrected chi connectivity index (χ1v) is 12.7. The third-order valence-corrected chi connectivity index (χ3v) is 12.8. The quantitative estimate of drug-likeness (QED) is 0.355. The van der Waals surface area contributed by atoms with Gasteiger partial charge in [0.05, 0.1) is 0 Å². The summed E-state index contributed by atoms with van der Waals surface area (Å²) in [5.74, 6) is 0. The molecule has 0 saturated heterocycles. The molecule has 128 valence electrons. The second-order valence-electron chi connectivity index (χ2n) is 7.50. The molecule has 0 nitrogen and oxygen atoms in total. The van der Waals surface area contributed by atoms with E-state index in [9.17, 15) is 0 Å². The summed E-state index contributed by atoms with van der Waals surface area (Å²) in [5, 5.41) is 7.23. The van der Waals surface area contributed by atoms with E-state index in [1.807, 2.05) is 11.3 Å². The van der Waals surface area contributed by atoms with Gasteiger partial charge in [-0.3, -0.25) is 0 Å².